The average molecular weight is 348 g/mol. The van der Waals surface area contributed by atoms with Gasteiger partial charge in [-0.05, 0) is 23.8 Å². The van der Waals surface area contributed by atoms with E-state index in [1.54, 1.807) is 25.1 Å². The fourth-order valence-electron chi connectivity index (χ4n) is 2.22. The third kappa shape index (κ3) is 4.23. The summed E-state index contributed by atoms with van der Waals surface area (Å²) in [7, 11) is 4.76. The first-order chi connectivity index (χ1) is 11.8. The first-order valence-electron chi connectivity index (χ1n) is 7.28. The molecule has 0 unspecified atom stereocenters. The highest BCUT2D eigenvalue weighted by molar-refractivity contribution is 5.96. The molecular weight excluding hydrogens is 331 g/mol. The van der Waals surface area contributed by atoms with Crippen molar-refractivity contribution in [2.45, 2.75) is 6.61 Å². The summed E-state index contributed by atoms with van der Waals surface area (Å²) in [6.07, 6.45) is 0. The molecule has 0 amide bonds. The van der Waals surface area contributed by atoms with Crippen LogP contribution in [0.3, 0.4) is 0 Å². The third-order valence-electron chi connectivity index (χ3n) is 3.48. The second-order valence-electron chi connectivity index (χ2n) is 5.40. The summed E-state index contributed by atoms with van der Waals surface area (Å²) in [5.41, 5.74) is 0.765. The van der Waals surface area contributed by atoms with Gasteiger partial charge in [0.05, 0.1) is 23.3 Å². The Balaban J connectivity index is 2.21. The van der Waals surface area contributed by atoms with Crippen LogP contribution in [0.15, 0.2) is 36.4 Å². The molecule has 2 rings (SSSR count). The first-order valence-corrected chi connectivity index (χ1v) is 7.28. The lowest BCUT2D eigenvalue weighted by molar-refractivity contribution is -0.384. The van der Waals surface area contributed by atoms with Crippen LogP contribution in [0.2, 0.25) is 0 Å². The standard InChI is InChI=1S/C17H17FN2O5/c1-19(2)15-6-5-12(20(22)23)9-13(15)17(21)25-10-11-4-7-16(24-3)14(18)8-11/h4-9H,10H2,1-3H3. The van der Waals surface area contributed by atoms with Gasteiger partial charge in [-0.3, -0.25) is 10.1 Å². The van der Waals surface area contributed by atoms with E-state index in [2.05, 4.69) is 0 Å². The Morgan fingerprint density at radius 3 is 2.52 bits per heavy atom. The monoisotopic (exact) mass is 348 g/mol. The Morgan fingerprint density at radius 2 is 1.96 bits per heavy atom. The molecule has 0 bridgehead atoms. The van der Waals surface area contributed by atoms with Gasteiger partial charge < -0.3 is 14.4 Å². The number of rotatable bonds is 6. The van der Waals surface area contributed by atoms with Gasteiger partial charge in [0.1, 0.15) is 6.61 Å². The molecule has 2 aromatic carbocycles. The number of non-ortho nitro benzene ring substituents is 1. The Labute approximate surface area is 143 Å². The Kier molecular flexibility index (Phi) is 5.53. The second-order valence-corrected chi connectivity index (χ2v) is 5.40. The van der Waals surface area contributed by atoms with Crippen molar-refractivity contribution in [2.75, 3.05) is 26.1 Å². The number of carbonyl (C=O) groups excluding carboxylic acids is 1. The number of hydrogen-bond donors (Lipinski definition) is 0. The number of hydrogen-bond acceptors (Lipinski definition) is 6. The van der Waals surface area contributed by atoms with Crippen molar-refractivity contribution >= 4 is 17.3 Å². The zero-order valence-electron chi connectivity index (χ0n) is 14.0. The van der Waals surface area contributed by atoms with Crippen molar-refractivity contribution in [3.63, 3.8) is 0 Å². The summed E-state index contributed by atoms with van der Waals surface area (Å²) in [6, 6.07) is 8.14. The molecule has 0 saturated heterocycles. The topological polar surface area (TPSA) is 81.9 Å². The summed E-state index contributed by atoms with van der Waals surface area (Å²) in [6.45, 7) is -0.171. The molecule has 0 aromatic heterocycles. The van der Waals surface area contributed by atoms with Gasteiger partial charge in [0.25, 0.3) is 5.69 Å². The van der Waals surface area contributed by atoms with E-state index in [1.165, 1.54) is 31.4 Å². The van der Waals surface area contributed by atoms with Gasteiger partial charge in [0.2, 0.25) is 0 Å². The van der Waals surface area contributed by atoms with E-state index in [0.717, 1.165) is 6.07 Å². The summed E-state index contributed by atoms with van der Waals surface area (Å²) in [4.78, 5) is 24.3. The van der Waals surface area contributed by atoms with Crippen molar-refractivity contribution < 1.29 is 23.6 Å². The van der Waals surface area contributed by atoms with Gasteiger partial charge in [0.15, 0.2) is 11.6 Å². The van der Waals surface area contributed by atoms with Crippen molar-refractivity contribution in [1.82, 2.24) is 0 Å². The van der Waals surface area contributed by atoms with Gasteiger partial charge in [0, 0.05) is 26.2 Å². The first kappa shape index (κ1) is 18.2. The van der Waals surface area contributed by atoms with E-state index in [-0.39, 0.29) is 23.6 Å². The quantitative estimate of drug-likeness (QED) is 0.453. The molecule has 0 fully saturated rings. The lowest BCUT2D eigenvalue weighted by Crippen LogP contribution is -2.16. The van der Waals surface area contributed by atoms with Gasteiger partial charge in [-0.1, -0.05) is 6.07 Å². The van der Waals surface area contributed by atoms with Crippen LogP contribution in [-0.4, -0.2) is 32.1 Å². The van der Waals surface area contributed by atoms with E-state index in [9.17, 15) is 19.3 Å². The van der Waals surface area contributed by atoms with Crippen LogP contribution in [-0.2, 0) is 11.3 Å². The van der Waals surface area contributed by atoms with Crippen molar-refractivity contribution in [2.24, 2.45) is 0 Å². The molecule has 0 aliphatic carbocycles. The smallest absolute Gasteiger partial charge is 0.340 e. The van der Waals surface area contributed by atoms with Crippen LogP contribution in [0.25, 0.3) is 0 Å². The minimum Gasteiger partial charge on any atom is -0.494 e. The second kappa shape index (κ2) is 7.61. The molecule has 0 aliphatic heterocycles. The van der Waals surface area contributed by atoms with Gasteiger partial charge in [-0.2, -0.15) is 0 Å². The number of methoxy groups -OCH3 is 1. The summed E-state index contributed by atoms with van der Waals surface area (Å²) >= 11 is 0. The van der Waals surface area contributed by atoms with Crippen molar-refractivity contribution in [3.05, 3.63) is 63.5 Å². The predicted octanol–water partition coefficient (Wildman–Crippen LogP) is 3.17. The van der Waals surface area contributed by atoms with E-state index in [0.29, 0.717) is 11.3 Å². The highest BCUT2D eigenvalue weighted by atomic mass is 19.1. The normalized spacial score (nSPS) is 10.2. The molecule has 8 heteroatoms. The summed E-state index contributed by atoms with van der Waals surface area (Å²) < 4.78 is 23.7. The van der Waals surface area contributed by atoms with Crippen LogP contribution in [0, 0.1) is 15.9 Å². The molecule has 132 valence electrons. The molecule has 0 heterocycles. The largest absolute Gasteiger partial charge is 0.494 e. The fourth-order valence-corrected chi connectivity index (χ4v) is 2.22. The number of esters is 1. The molecule has 0 aliphatic rings. The van der Waals surface area contributed by atoms with Crippen LogP contribution in [0.4, 0.5) is 15.8 Å². The van der Waals surface area contributed by atoms with Crippen LogP contribution in [0.5, 0.6) is 5.75 Å². The number of halogens is 1. The zero-order valence-corrected chi connectivity index (χ0v) is 14.0. The molecule has 0 spiro atoms. The zero-order chi connectivity index (χ0) is 18.6. The molecular formula is C17H17FN2O5. The SMILES string of the molecule is COc1ccc(COC(=O)c2cc([N+](=O)[O-])ccc2N(C)C)cc1F. The van der Waals surface area contributed by atoms with Gasteiger partial charge in [-0.25, -0.2) is 9.18 Å². The molecule has 25 heavy (non-hydrogen) atoms. The van der Waals surface area contributed by atoms with E-state index >= 15 is 0 Å². The number of nitro groups is 1. The molecule has 7 nitrogen and oxygen atoms in total. The molecule has 0 N–H and O–H groups in total. The maximum Gasteiger partial charge on any atom is 0.340 e. The Morgan fingerprint density at radius 1 is 1.24 bits per heavy atom. The highest BCUT2D eigenvalue weighted by Gasteiger charge is 2.19. The fraction of sp³-hybridized carbons (Fsp3) is 0.235. The van der Waals surface area contributed by atoms with Crippen LogP contribution >= 0.6 is 0 Å². The van der Waals surface area contributed by atoms with Crippen LogP contribution < -0.4 is 9.64 Å². The van der Waals surface area contributed by atoms with Crippen molar-refractivity contribution in [1.29, 1.82) is 0 Å². The van der Waals surface area contributed by atoms with Gasteiger partial charge >= 0.3 is 5.97 Å². The van der Waals surface area contributed by atoms with Gasteiger partial charge in [-0.15, -0.1) is 0 Å². The predicted molar refractivity (Wildman–Crippen MR) is 89.5 cm³/mol. The number of anilines is 1. The lowest BCUT2D eigenvalue weighted by atomic mass is 10.1. The summed E-state index contributed by atoms with van der Waals surface area (Å²) in [5.74, 6) is -1.22. The molecule has 0 saturated carbocycles. The summed E-state index contributed by atoms with van der Waals surface area (Å²) in [5, 5.41) is 10.9. The minimum absolute atomic E-state index is 0.0631. The molecule has 0 atom stereocenters. The van der Waals surface area contributed by atoms with Crippen molar-refractivity contribution in [3.8, 4) is 5.75 Å². The number of nitrogens with zero attached hydrogens (tertiary/aromatic N) is 2. The third-order valence-corrected chi connectivity index (χ3v) is 3.48. The van der Waals surface area contributed by atoms with Crippen LogP contribution in [0.1, 0.15) is 15.9 Å². The Hall–Kier alpha value is -3.16. The number of benzene rings is 2. The minimum atomic E-state index is -0.733. The number of carbonyl (C=O) groups is 1. The maximum atomic E-state index is 13.7. The Bertz CT molecular complexity index is 808. The average Bonchev–Trinajstić information content (AvgIpc) is 2.59. The molecule has 0 radical (unpaired) electrons. The van der Waals surface area contributed by atoms with E-state index in [4.69, 9.17) is 9.47 Å². The lowest BCUT2D eigenvalue weighted by Gasteiger charge is -2.16. The maximum absolute atomic E-state index is 13.7. The van der Waals surface area contributed by atoms with E-state index < -0.39 is 16.7 Å². The number of ether oxygens (including phenoxy) is 2. The number of nitro benzene ring substituents is 1. The highest BCUT2D eigenvalue weighted by Crippen LogP contribution is 2.25. The molecule has 2 aromatic rings. The van der Waals surface area contributed by atoms with E-state index in [1.807, 2.05) is 0 Å².